The van der Waals surface area contributed by atoms with E-state index in [0.29, 0.717) is 0 Å². The maximum absolute atomic E-state index is 6.09. The number of hydrogen-bond donors (Lipinski definition) is 1. The summed E-state index contributed by atoms with van der Waals surface area (Å²) >= 11 is 0. The van der Waals surface area contributed by atoms with Crippen LogP contribution in [0.2, 0.25) is 0 Å². The molecule has 0 heterocycles. The maximum atomic E-state index is 6.09. The van der Waals surface area contributed by atoms with Gasteiger partial charge in [0.2, 0.25) is 0 Å². The first-order chi connectivity index (χ1) is 5.22. The Morgan fingerprint density at radius 2 is 1.58 bits per heavy atom. The molecule has 1 unspecified atom stereocenters. The predicted octanol–water partition coefficient (Wildman–Crippen LogP) is 2.17. The normalized spacial score (nSPS) is 16.2. The van der Waals surface area contributed by atoms with Crippen LogP contribution in [0.15, 0.2) is 0 Å². The Balaban J connectivity index is 4.34. The zero-order chi connectivity index (χ0) is 9.99. The van der Waals surface area contributed by atoms with E-state index in [1.165, 1.54) is 0 Å². The monoisotopic (exact) mass is 173 g/mol. The van der Waals surface area contributed by atoms with Crippen LogP contribution in [0.1, 0.15) is 41.5 Å². The van der Waals surface area contributed by atoms with Crippen LogP contribution < -0.4 is 5.73 Å². The molecule has 0 rings (SSSR count). The summed E-state index contributed by atoms with van der Waals surface area (Å²) in [4.78, 5) is 0. The van der Waals surface area contributed by atoms with Gasteiger partial charge in [0.05, 0.1) is 5.60 Å². The molecule has 0 aromatic rings. The number of ether oxygens (including phenoxy) is 1. The van der Waals surface area contributed by atoms with Gasteiger partial charge in [-0.1, -0.05) is 20.8 Å². The highest BCUT2D eigenvalue weighted by atomic mass is 16.5. The molecule has 2 N–H and O–H groups in total. The summed E-state index contributed by atoms with van der Waals surface area (Å²) in [5.74, 6) is 0. The van der Waals surface area contributed by atoms with E-state index >= 15 is 0 Å². The van der Waals surface area contributed by atoms with Gasteiger partial charge in [0.25, 0.3) is 0 Å². The number of nitrogens with two attached hydrogens (primary N) is 1. The van der Waals surface area contributed by atoms with Crippen LogP contribution in [0.4, 0.5) is 0 Å². The number of rotatable bonds is 3. The van der Waals surface area contributed by atoms with Crippen molar-refractivity contribution in [1.82, 2.24) is 0 Å². The molecule has 2 heteroatoms. The average Bonchev–Trinajstić information content (AvgIpc) is 1.84. The SMILES string of the molecule is CCOC(C)(C)C(N)C(C)(C)C. The van der Waals surface area contributed by atoms with Gasteiger partial charge in [-0.3, -0.25) is 0 Å². The van der Waals surface area contributed by atoms with E-state index in [4.69, 9.17) is 10.5 Å². The van der Waals surface area contributed by atoms with Crippen molar-refractivity contribution in [1.29, 1.82) is 0 Å². The van der Waals surface area contributed by atoms with Gasteiger partial charge in [0.1, 0.15) is 0 Å². The van der Waals surface area contributed by atoms with E-state index in [0.717, 1.165) is 6.61 Å². The molecule has 0 saturated heterocycles. The molecule has 1 atom stereocenters. The Morgan fingerprint density at radius 3 is 1.83 bits per heavy atom. The van der Waals surface area contributed by atoms with E-state index in [-0.39, 0.29) is 17.1 Å². The fourth-order valence-electron chi connectivity index (χ4n) is 1.50. The predicted molar refractivity (Wildman–Crippen MR) is 53.1 cm³/mol. The second-order valence-electron chi connectivity index (χ2n) is 4.88. The first kappa shape index (κ1) is 11.9. The largest absolute Gasteiger partial charge is 0.374 e. The topological polar surface area (TPSA) is 35.2 Å². The van der Waals surface area contributed by atoms with Crippen LogP contribution in [0.25, 0.3) is 0 Å². The van der Waals surface area contributed by atoms with Crippen LogP contribution in [0.3, 0.4) is 0 Å². The Kier molecular flexibility index (Phi) is 3.73. The van der Waals surface area contributed by atoms with Gasteiger partial charge in [-0.25, -0.2) is 0 Å². The summed E-state index contributed by atoms with van der Waals surface area (Å²) in [6.45, 7) is 13.2. The van der Waals surface area contributed by atoms with Crippen molar-refractivity contribution < 1.29 is 4.74 Å². The molecule has 74 valence electrons. The van der Waals surface area contributed by atoms with Gasteiger partial charge in [-0.15, -0.1) is 0 Å². The molecule has 0 radical (unpaired) electrons. The molecule has 0 aromatic carbocycles. The van der Waals surface area contributed by atoms with Crippen molar-refractivity contribution in [2.45, 2.75) is 53.2 Å². The van der Waals surface area contributed by atoms with E-state index in [1.807, 2.05) is 20.8 Å². The first-order valence-corrected chi connectivity index (χ1v) is 4.61. The molecular formula is C10H23NO. The summed E-state index contributed by atoms with van der Waals surface area (Å²) in [7, 11) is 0. The van der Waals surface area contributed by atoms with Crippen molar-refractivity contribution >= 4 is 0 Å². The molecule has 0 aliphatic heterocycles. The third-order valence-corrected chi connectivity index (χ3v) is 2.20. The van der Waals surface area contributed by atoms with Crippen LogP contribution in [-0.4, -0.2) is 18.2 Å². The Hall–Kier alpha value is -0.0800. The third-order valence-electron chi connectivity index (χ3n) is 2.20. The van der Waals surface area contributed by atoms with Gasteiger partial charge >= 0.3 is 0 Å². The fourth-order valence-corrected chi connectivity index (χ4v) is 1.50. The summed E-state index contributed by atoms with van der Waals surface area (Å²) in [6, 6.07) is 0.0601. The minimum atomic E-state index is -0.229. The molecule has 0 aromatic heterocycles. The Labute approximate surface area is 76.5 Å². The van der Waals surface area contributed by atoms with Crippen molar-refractivity contribution in [2.75, 3.05) is 6.61 Å². The second kappa shape index (κ2) is 3.75. The lowest BCUT2D eigenvalue weighted by atomic mass is 9.78. The molecule has 0 spiro atoms. The Bertz CT molecular complexity index is 135. The van der Waals surface area contributed by atoms with E-state index < -0.39 is 0 Å². The van der Waals surface area contributed by atoms with E-state index in [9.17, 15) is 0 Å². The minimum Gasteiger partial charge on any atom is -0.374 e. The van der Waals surface area contributed by atoms with Crippen molar-refractivity contribution in [3.05, 3.63) is 0 Å². The smallest absolute Gasteiger partial charge is 0.0781 e. The molecular weight excluding hydrogens is 150 g/mol. The molecule has 0 amide bonds. The van der Waals surface area contributed by atoms with Crippen LogP contribution in [0.5, 0.6) is 0 Å². The maximum Gasteiger partial charge on any atom is 0.0781 e. The van der Waals surface area contributed by atoms with Crippen LogP contribution in [-0.2, 0) is 4.74 Å². The highest BCUT2D eigenvalue weighted by Crippen LogP contribution is 2.28. The highest BCUT2D eigenvalue weighted by molar-refractivity contribution is 4.91. The van der Waals surface area contributed by atoms with Gasteiger partial charge in [0, 0.05) is 12.6 Å². The van der Waals surface area contributed by atoms with E-state index in [1.54, 1.807) is 0 Å². The van der Waals surface area contributed by atoms with Crippen LogP contribution in [0, 0.1) is 5.41 Å². The lowest BCUT2D eigenvalue weighted by Gasteiger charge is -2.39. The lowest BCUT2D eigenvalue weighted by Crippen LogP contribution is -2.52. The third kappa shape index (κ3) is 3.11. The first-order valence-electron chi connectivity index (χ1n) is 4.61. The molecule has 0 saturated carbocycles. The molecule has 0 fully saturated rings. The molecule has 0 aliphatic rings. The van der Waals surface area contributed by atoms with Gasteiger partial charge in [0.15, 0.2) is 0 Å². The van der Waals surface area contributed by atoms with Crippen molar-refractivity contribution in [3.8, 4) is 0 Å². The lowest BCUT2D eigenvalue weighted by molar-refractivity contribution is -0.0536. The second-order valence-corrected chi connectivity index (χ2v) is 4.88. The van der Waals surface area contributed by atoms with Gasteiger partial charge in [-0.2, -0.15) is 0 Å². The van der Waals surface area contributed by atoms with Crippen molar-refractivity contribution in [3.63, 3.8) is 0 Å². The zero-order valence-electron chi connectivity index (χ0n) is 9.27. The molecule has 12 heavy (non-hydrogen) atoms. The summed E-state index contributed by atoms with van der Waals surface area (Å²) in [5, 5.41) is 0. The van der Waals surface area contributed by atoms with Crippen LogP contribution >= 0.6 is 0 Å². The van der Waals surface area contributed by atoms with Gasteiger partial charge in [-0.05, 0) is 26.2 Å². The standard InChI is InChI=1S/C10H23NO/c1-7-12-10(5,6)8(11)9(2,3)4/h8H,7,11H2,1-6H3. The molecule has 0 aliphatic carbocycles. The average molecular weight is 173 g/mol. The quantitative estimate of drug-likeness (QED) is 0.710. The van der Waals surface area contributed by atoms with E-state index in [2.05, 4.69) is 20.8 Å². The van der Waals surface area contributed by atoms with Crippen molar-refractivity contribution in [2.24, 2.45) is 11.1 Å². The summed E-state index contributed by atoms with van der Waals surface area (Å²) in [6.07, 6.45) is 0. The van der Waals surface area contributed by atoms with Gasteiger partial charge < -0.3 is 10.5 Å². The minimum absolute atomic E-state index is 0.0601. The Morgan fingerprint density at radius 1 is 1.17 bits per heavy atom. The summed E-state index contributed by atoms with van der Waals surface area (Å²) < 4.78 is 5.59. The number of hydrogen-bond acceptors (Lipinski definition) is 2. The zero-order valence-corrected chi connectivity index (χ0v) is 9.27. The highest BCUT2D eigenvalue weighted by Gasteiger charge is 2.35. The summed E-state index contributed by atoms with van der Waals surface area (Å²) in [5.41, 5.74) is 5.96. The molecule has 2 nitrogen and oxygen atoms in total. The molecule has 0 bridgehead atoms. The fraction of sp³-hybridized carbons (Fsp3) is 1.00.